The van der Waals surface area contributed by atoms with Crippen molar-refractivity contribution in [2.75, 3.05) is 5.88 Å². The SMILES string of the molecule is O=C(NC1CCCC1CCl)c1cccc(O)c1. The highest BCUT2D eigenvalue weighted by atomic mass is 35.5. The molecule has 4 heteroatoms. The lowest BCUT2D eigenvalue weighted by atomic mass is 10.1. The molecule has 17 heavy (non-hydrogen) atoms. The monoisotopic (exact) mass is 253 g/mol. The quantitative estimate of drug-likeness (QED) is 0.814. The highest BCUT2D eigenvalue weighted by molar-refractivity contribution is 6.18. The zero-order valence-electron chi connectivity index (χ0n) is 9.53. The first-order valence-electron chi connectivity index (χ1n) is 5.86. The van der Waals surface area contributed by atoms with E-state index in [1.807, 2.05) is 0 Å². The molecule has 1 aliphatic carbocycles. The molecule has 3 nitrogen and oxygen atoms in total. The van der Waals surface area contributed by atoms with Crippen molar-refractivity contribution in [2.24, 2.45) is 5.92 Å². The molecule has 0 bridgehead atoms. The van der Waals surface area contributed by atoms with Crippen LogP contribution in [0.4, 0.5) is 0 Å². The predicted molar refractivity (Wildman–Crippen MR) is 67.4 cm³/mol. The van der Waals surface area contributed by atoms with Crippen LogP contribution in [0.25, 0.3) is 0 Å². The molecule has 1 saturated carbocycles. The highest BCUT2D eigenvalue weighted by Crippen LogP contribution is 2.27. The lowest BCUT2D eigenvalue weighted by Crippen LogP contribution is -2.37. The molecule has 0 heterocycles. The second-order valence-electron chi connectivity index (χ2n) is 4.48. The van der Waals surface area contributed by atoms with Crippen LogP contribution in [0.5, 0.6) is 5.75 Å². The lowest BCUT2D eigenvalue weighted by molar-refractivity contribution is 0.0929. The number of halogens is 1. The molecule has 0 aromatic heterocycles. The van der Waals surface area contributed by atoms with Gasteiger partial charge in [0.05, 0.1) is 0 Å². The van der Waals surface area contributed by atoms with E-state index >= 15 is 0 Å². The van der Waals surface area contributed by atoms with Crippen LogP contribution in [0.3, 0.4) is 0 Å². The number of aromatic hydroxyl groups is 1. The van der Waals surface area contributed by atoms with Gasteiger partial charge in [-0.2, -0.15) is 0 Å². The molecule has 0 radical (unpaired) electrons. The molecule has 1 amide bonds. The second-order valence-corrected chi connectivity index (χ2v) is 4.78. The molecular weight excluding hydrogens is 238 g/mol. The number of hydrogen-bond donors (Lipinski definition) is 2. The molecule has 0 spiro atoms. The minimum absolute atomic E-state index is 0.109. The van der Waals surface area contributed by atoms with Gasteiger partial charge >= 0.3 is 0 Å². The zero-order valence-corrected chi connectivity index (χ0v) is 10.3. The summed E-state index contributed by atoms with van der Waals surface area (Å²) in [6, 6.07) is 6.55. The number of carbonyl (C=O) groups excluding carboxylic acids is 1. The number of alkyl halides is 1. The number of phenolic OH excluding ortho intramolecular Hbond substituents is 1. The Hall–Kier alpha value is -1.22. The molecule has 2 rings (SSSR count). The first-order valence-corrected chi connectivity index (χ1v) is 6.40. The van der Waals surface area contributed by atoms with E-state index in [0.29, 0.717) is 17.4 Å². The van der Waals surface area contributed by atoms with Gasteiger partial charge in [-0.3, -0.25) is 4.79 Å². The second kappa shape index (κ2) is 5.41. The molecule has 2 atom stereocenters. The van der Waals surface area contributed by atoms with Crippen LogP contribution in [-0.4, -0.2) is 22.9 Å². The Morgan fingerprint density at radius 2 is 2.29 bits per heavy atom. The average Bonchev–Trinajstić information content (AvgIpc) is 2.76. The van der Waals surface area contributed by atoms with Crippen LogP contribution in [0, 0.1) is 5.92 Å². The number of hydrogen-bond acceptors (Lipinski definition) is 2. The van der Waals surface area contributed by atoms with Crippen molar-refractivity contribution >= 4 is 17.5 Å². The van der Waals surface area contributed by atoms with Crippen molar-refractivity contribution in [3.63, 3.8) is 0 Å². The van der Waals surface area contributed by atoms with Crippen LogP contribution >= 0.6 is 11.6 Å². The Labute approximate surface area is 106 Å². The van der Waals surface area contributed by atoms with E-state index in [-0.39, 0.29) is 17.7 Å². The Kier molecular flexibility index (Phi) is 3.89. The highest BCUT2D eigenvalue weighted by Gasteiger charge is 2.27. The summed E-state index contributed by atoms with van der Waals surface area (Å²) < 4.78 is 0. The van der Waals surface area contributed by atoms with E-state index in [1.165, 1.54) is 6.07 Å². The van der Waals surface area contributed by atoms with Gasteiger partial charge in [0.15, 0.2) is 0 Å². The predicted octanol–water partition coefficient (Wildman–Crippen LogP) is 2.53. The van der Waals surface area contributed by atoms with Crippen LogP contribution in [0.2, 0.25) is 0 Å². The summed E-state index contributed by atoms with van der Waals surface area (Å²) in [5.41, 5.74) is 0.491. The van der Waals surface area contributed by atoms with Gasteiger partial charge in [0.25, 0.3) is 5.91 Å². The van der Waals surface area contributed by atoms with E-state index in [4.69, 9.17) is 11.6 Å². The molecule has 2 unspecified atom stereocenters. The van der Waals surface area contributed by atoms with E-state index in [9.17, 15) is 9.90 Å². The molecule has 1 aromatic carbocycles. The molecule has 1 aliphatic rings. The van der Waals surface area contributed by atoms with Gasteiger partial charge in [-0.25, -0.2) is 0 Å². The van der Waals surface area contributed by atoms with Gasteiger partial charge in [0.2, 0.25) is 0 Å². The van der Waals surface area contributed by atoms with E-state index in [1.54, 1.807) is 18.2 Å². The smallest absolute Gasteiger partial charge is 0.251 e. The van der Waals surface area contributed by atoms with Crippen molar-refractivity contribution in [2.45, 2.75) is 25.3 Å². The summed E-state index contributed by atoms with van der Waals surface area (Å²) >= 11 is 5.87. The van der Waals surface area contributed by atoms with Gasteiger partial charge in [0.1, 0.15) is 5.75 Å². The molecule has 1 fully saturated rings. The maximum absolute atomic E-state index is 11.9. The van der Waals surface area contributed by atoms with Crippen LogP contribution in [-0.2, 0) is 0 Å². The number of amides is 1. The van der Waals surface area contributed by atoms with Gasteiger partial charge in [-0.05, 0) is 37.0 Å². The van der Waals surface area contributed by atoms with E-state index in [0.717, 1.165) is 19.3 Å². The topological polar surface area (TPSA) is 49.3 Å². The van der Waals surface area contributed by atoms with Crippen LogP contribution in [0.1, 0.15) is 29.6 Å². The third-order valence-electron chi connectivity index (χ3n) is 3.28. The normalized spacial score (nSPS) is 23.6. The number of carbonyl (C=O) groups is 1. The first kappa shape index (κ1) is 12.2. The molecule has 1 aromatic rings. The van der Waals surface area contributed by atoms with E-state index < -0.39 is 0 Å². The number of nitrogens with one attached hydrogen (secondary N) is 1. The van der Waals surface area contributed by atoms with Crippen molar-refractivity contribution < 1.29 is 9.90 Å². The first-order chi connectivity index (χ1) is 8.20. The summed E-state index contributed by atoms with van der Waals surface area (Å²) in [5.74, 6) is 0.934. The van der Waals surface area contributed by atoms with Crippen molar-refractivity contribution in [1.29, 1.82) is 0 Å². The minimum atomic E-state index is -0.136. The van der Waals surface area contributed by atoms with Gasteiger partial charge in [-0.1, -0.05) is 12.5 Å². The number of benzene rings is 1. The number of rotatable bonds is 3. The molecular formula is C13H16ClNO2. The summed E-state index contributed by atoms with van der Waals surface area (Å²) in [5, 5.41) is 12.3. The Morgan fingerprint density at radius 1 is 1.47 bits per heavy atom. The standard InChI is InChI=1S/C13H16ClNO2/c14-8-10-4-2-6-12(10)15-13(17)9-3-1-5-11(16)7-9/h1,3,5,7,10,12,16H,2,4,6,8H2,(H,15,17). The molecule has 2 N–H and O–H groups in total. The maximum atomic E-state index is 11.9. The van der Waals surface area contributed by atoms with Crippen molar-refractivity contribution in [3.05, 3.63) is 29.8 Å². The van der Waals surface area contributed by atoms with Crippen LogP contribution < -0.4 is 5.32 Å². The third-order valence-corrected chi connectivity index (χ3v) is 3.68. The van der Waals surface area contributed by atoms with Crippen molar-refractivity contribution in [1.82, 2.24) is 5.32 Å². The average molecular weight is 254 g/mol. The van der Waals surface area contributed by atoms with Crippen LogP contribution in [0.15, 0.2) is 24.3 Å². The fourth-order valence-electron chi connectivity index (χ4n) is 2.31. The summed E-state index contributed by atoms with van der Waals surface area (Å²) in [4.78, 5) is 11.9. The Balaban J connectivity index is 2.01. The van der Waals surface area contributed by atoms with Gasteiger partial charge in [0, 0.05) is 17.5 Å². The number of phenols is 1. The third kappa shape index (κ3) is 2.91. The molecule has 92 valence electrons. The summed E-state index contributed by atoms with van der Waals surface area (Å²) in [6.07, 6.45) is 3.18. The van der Waals surface area contributed by atoms with Gasteiger partial charge < -0.3 is 10.4 Å². The lowest BCUT2D eigenvalue weighted by Gasteiger charge is -2.18. The Morgan fingerprint density at radius 3 is 3.00 bits per heavy atom. The fraction of sp³-hybridized carbons (Fsp3) is 0.462. The van der Waals surface area contributed by atoms with Gasteiger partial charge in [-0.15, -0.1) is 11.6 Å². The minimum Gasteiger partial charge on any atom is -0.508 e. The fourth-order valence-corrected chi connectivity index (χ4v) is 2.68. The molecule has 0 aliphatic heterocycles. The zero-order chi connectivity index (χ0) is 12.3. The summed E-state index contributed by atoms with van der Waals surface area (Å²) in [7, 11) is 0. The Bertz CT molecular complexity index is 408. The van der Waals surface area contributed by atoms with Crippen molar-refractivity contribution in [3.8, 4) is 5.75 Å². The maximum Gasteiger partial charge on any atom is 0.251 e. The molecule has 0 saturated heterocycles. The van der Waals surface area contributed by atoms with E-state index in [2.05, 4.69) is 5.32 Å². The largest absolute Gasteiger partial charge is 0.508 e. The summed E-state index contributed by atoms with van der Waals surface area (Å²) in [6.45, 7) is 0.